The molecule has 2 heterocycles. The van der Waals surface area contributed by atoms with E-state index >= 15 is 0 Å². The van der Waals surface area contributed by atoms with E-state index < -0.39 is 5.54 Å². The topological polar surface area (TPSA) is 60.1 Å². The van der Waals surface area contributed by atoms with Gasteiger partial charge in [0.2, 0.25) is 5.91 Å². The lowest BCUT2D eigenvalue weighted by molar-refractivity contribution is -0.129. The highest BCUT2D eigenvalue weighted by atomic mass is 16.3. The molecule has 1 N–H and O–H groups in total. The molecular formula is C20H23N3O2. The van der Waals surface area contributed by atoms with E-state index in [2.05, 4.69) is 42.5 Å². The molecule has 0 spiro atoms. The molecule has 0 bridgehead atoms. The molecule has 130 valence electrons. The lowest BCUT2D eigenvalue weighted by atomic mass is 10.0. The van der Waals surface area contributed by atoms with Gasteiger partial charge < -0.3 is 9.73 Å². The summed E-state index contributed by atoms with van der Waals surface area (Å²) < 4.78 is 6.96. The first kappa shape index (κ1) is 17.0. The van der Waals surface area contributed by atoms with Crippen molar-refractivity contribution in [2.24, 2.45) is 0 Å². The van der Waals surface area contributed by atoms with E-state index in [1.54, 1.807) is 23.2 Å². The van der Waals surface area contributed by atoms with Crippen molar-refractivity contribution in [3.05, 3.63) is 65.9 Å². The maximum atomic E-state index is 12.6. The molecule has 5 heteroatoms. The Morgan fingerprint density at radius 2 is 2.08 bits per heavy atom. The number of nitrogens with zero attached hydrogens (tertiary/aromatic N) is 2. The van der Waals surface area contributed by atoms with Crippen molar-refractivity contribution >= 4 is 5.91 Å². The van der Waals surface area contributed by atoms with Crippen LogP contribution >= 0.6 is 0 Å². The molecule has 0 fully saturated rings. The van der Waals surface area contributed by atoms with Gasteiger partial charge in [0.25, 0.3) is 0 Å². The van der Waals surface area contributed by atoms with Crippen molar-refractivity contribution in [3.8, 4) is 11.1 Å². The predicted molar refractivity (Wildman–Crippen MR) is 97.0 cm³/mol. The SMILES string of the molecule is Cc1ccc(-c2cnn(C(C)(C)C(=O)NCc3ccco3)c2)c(C)c1. The lowest BCUT2D eigenvalue weighted by Crippen LogP contribution is -2.44. The van der Waals surface area contributed by atoms with Crippen LogP contribution in [0.3, 0.4) is 0 Å². The Kier molecular flexibility index (Phi) is 4.49. The number of nitrogens with one attached hydrogen (secondary N) is 1. The fourth-order valence-electron chi connectivity index (χ4n) is 2.81. The molecule has 0 radical (unpaired) electrons. The summed E-state index contributed by atoms with van der Waals surface area (Å²) in [6.45, 7) is 8.22. The lowest BCUT2D eigenvalue weighted by Gasteiger charge is -2.24. The van der Waals surface area contributed by atoms with E-state index in [1.807, 2.05) is 26.1 Å². The van der Waals surface area contributed by atoms with Crippen molar-refractivity contribution in [1.82, 2.24) is 15.1 Å². The number of carbonyl (C=O) groups excluding carboxylic acids is 1. The minimum atomic E-state index is -0.802. The third-order valence-corrected chi connectivity index (χ3v) is 4.41. The normalized spacial score (nSPS) is 11.5. The summed E-state index contributed by atoms with van der Waals surface area (Å²) >= 11 is 0. The molecule has 3 aromatic rings. The summed E-state index contributed by atoms with van der Waals surface area (Å²) in [6.07, 6.45) is 5.32. The first-order valence-corrected chi connectivity index (χ1v) is 8.31. The van der Waals surface area contributed by atoms with Gasteiger partial charge in [0.05, 0.1) is 19.0 Å². The van der Waals surface area contributed by atoms with Crippen molar-refractivity contribution in [2.75, 3.05) is 0 Å². The first-order valence-electron chi connectivity index (χ1n) is 8.31. The Morgan fingerprint density at radius 1 is 1.28 bits per heavy atom. The zero-order chi connectivity index (χ0) is 18.0. The number of carbonyl (C=O) groups is 1. The van der Waals surface area contributed by atoms with Gasteiger partial charge in [-0.3, -0.25) is 9.48 Å². The Balaban J connectivity index is 1.78. The molecule has 0 aliphatic rings. The number of amides is 1. The minimum absolute atomic E-state index is 0.112. The van der Waals surface area contributed by atoms with Gasteiger partial charge in [-0.1, -0.05) is 23.8 Å². The summed E-state index contributed by atoms with van der Waals surface area (Å²) in [6, 6.07) is 9.96. The zero-order valence-corrected chi connectivity index (χ0v) is 15.0. The second kappa shape index (κ2) is 6.59. The Hall–Kier alpha value is -2.82. The zero-order valence-electron chi connectivity index (χ0n) is 15.0. The summed E-state index contributed by atoms with van der Waals surface area (Å²) in [5.74, 6) is 0.611. The highest BCUT2D eigenvalue weighted by Gasteiger charge is 2.30. The van der Waals surface area contributed by atoms with Crippen LogP contribution in [-0.4, -0.2) is 15.7 Å². The fraction of sp³-hybridized carbons (Fsp3) is 0.300. The molecule has 3 rings (SSSR count). The van der Waals surface area contributed by atoms with Crippen molar-refractivity contribution < 1.29 is 9.21 Å². The summed E-state index contributed by atoms with van der Waals surface area (Å²) in [5.41, 5.74) is 3.75. The monoisotopic (exact) mass is 337 g/mol. The van der Waals surface area contributed by atoms with Gasteiger partial charge in [0, 0.05) is 11.8 Å². The summed E-state index contributed by atoms with van der Waals surface area (Å²) in [7, 11) is 0. The van der Waals surface area contributed by atoms with E-state index in [0.29, 0.717) is 6.54 Å². The van der Waals surface area contributed by atoms with Gasteiger partial charge in [-0.25, -0.2) is 0 Å². The molecule has 0 aliphatic heterocycles. The maximum Gasteiger partial charge on any atom is 0.247 e. The quantitative estimate of drug-likeness (QED) is 0.770. The Morgan fingerprint density at radius 3 is 2.76 bits per heavy atom. The Labute approximate surface area is 147 Å². The standard InChI is InChI=1S/C20H23N3O2/c1-14-7-8-18(15(2)10-14)16-11-22-23(13-16)20(3,4)19(24)21-12-17-6-5-9-25-17/h5-11,13H,12H2,1-4H3,(H,21,24). The third-order valence-electron chi connectivity index (χ3n) is 4.41. The van der Waals surface area contributed by atoms with Crippen LogP contribution in [0.1, 0.15) is 30.7 Å². The van der Waals surface area contributed by atoms with Crippen LogP contribution in [-0.2, 0) is 16.9 Å². The van der Waals surface area contributed by atoms with E-state index in [1.165, 1.54) is 11.1 Å². The van der Waals surface area contributed by atoms with Gasteiger partial charge in [-0.2, -0.15) is 5.10 Å². The van der Waals surface area contributed by atoms with Crippen LogP contribution in [0.2, 0.25) is 0 Å². The van der Waals surface area contributed by atoms with Crippen LogP contribution in [0.25, 0.3) is 11.1 Å². The first-order chi connectivity index (χ1) is 11.9. The summed E-state index contributed by atoms with van der Waals surface area (Å²) in [4.78, 5) is 12.6. The second-order valence-electron chi connectivity index (χ2n) is 6.81. The average molecular weight is 337 g/mol. The smallest absolute Gasteiger partial charge is 0.247 e. The van der Waals surface area contributed by atoms with Gasteiger partial charge in [0.1, 0.15) is 11.3 Å². The van der Waals surface area contributed by atoms with Crippen LogP contribution in [0, 0.1) is 13.8 Å². The Bertz CT molecular complexity index is 876. The molecule has 1 amide bonds. The van der Waals surface area contributed by atoms with Crippen LogP contribution in [0.15, 0.2) is 53.4 Å². The minimum Gasteiger partial charge on any atom is -0.467 e. The number of hydrogen-bond donors (Lipinski definition) is 1. The number of benzene rings is 1. The molecule has 0 unspecified atom stereocenters. The molecule has 0 saturated carbocycles. The number of hydrogen-bond acceptors (Lipinski definition) is 3. The molecular weight excluding hydrogens is 314 g/mol. The maximum absolute atomic E-state index is 12.6. The highest BCUT2D eigenvalue weighted by molar-refractivity contribution is 5.83. The summed E-state index contributed by atoms with van der Waals surface area (Å²) in [5, 5.41) is 7.32. The molecule has 0 saturated heterocycles. The molecule has 0 aliphatic carbocycles. The number of aryl methyl sites for hydroxylation is 2. The van der Waals surface area contributed by atoms with E-state index in [-0.39, 0.29) is 5.91 Å². The molecule has 1 aromatic carbocycles. The van der Waals surface area contributed by atoms with Crippen molar-refractivity contribution in [3.63, 3.8) is 0 Å². The molecule has 0 atom stereocenters. The van der Waals surface area contributed by atoms with Gasteiger partial charge in [-0.15, -0.1) is 0 Å². The van der Waals surface area contributed by atoms with E-state index in [0.717, 1.165) is 16.9 Å². The second-order valence-corrected chi connectivity index (χ2v) is 6.81. The van der Waals surface area contributed by atoms with Crippen LogP contribution in [0.5, 0.6) is 0 Å². The number of furan rings is 1. The number of aromatic nitrogens is 2. The van der Waals surface area contributed by atoms with E-state index in [9.17, 15) is 4.79 Å². The highest BCUT2D eigenvalue weighted by Crippen LogP contribution is 2.26. The van der Waals surface area contributed by atoms with Crippen molar-refractivity contribution in [2.45, 2.75) is 39.8 Å². The third kappa shape index (κ3) is 3.50. The fourth-order valence-corrected chi connectivity index (χ4v) is 2.81. The van der Waals surface area contributed by atoms with Crippen molar-refractivity contribution in [1.29, 1.82) is 0 Å². The largest absolute Gasteiger partial charge is 0.467 e. The van der Waals surface area contributed by atoms with E-state index in [4.69, 9.17) is 4.42 Å². The van der Waals surface area contributed by atoms with Crippen LogP contribution < -0.4 is 5.32 Å². The average Bonchev–Trinajstić information content (AvgIpc) is 3.24. The van der Waals surface area contributed by atoms with Gasteiger partial charge in [0.15, 0.2) is 0 Å². The number of rotatable bonds is 5. The molecule has 2 aromatic heterocycles. The van der Waals surface area contributed by atoms with Gasteiger partial charge in [-0.05, 0) is 51.0 Å². The molecule has 25 heavy (non-hydrogen) atoms. The van der Waals surface area contributed by atoms with Gasteiger partial charge >= 0.3 is 0 Å². The molecule has 5 nitrogen and oxygen atoms in total. The predicted octanol–water partition coefficient (Wildman–Crippen LogP) is 3.81. The van der Waals surface area contributed by atoms with Crippen LogP contribution in [0.4, 0.5) is 0 Å².